The van der Waals surface area contributed by atoms with Gasteiger partial charge in [-0.25, -0.2) is 0 Å². The minimum absolute atomic E-state index is 0.0947. The lowest BCUT2D eigenvalue weighted by atomic mass is 10.2. The fourth-order valence-corrected chi connectivity index (χ4v) is 2.95. The highest BCUT2D eigenvalue weighted by molar-refractivity contribution is 8.01. The van der Waals surface area contributed by atoms with Crippen molar-refractivity contribution in [3.63, 3.8) is 0 Å². The van der Waals surface area contributed by atoms with Crippen molar-refractivity contribution in [3.05, 3.63) is 17.0 Å². The van der Waals surface area contributed by atoms with Gasteiger partial charge >= 0.3 is 5.97 Å². The quantitative estimate of drug-likeness (QED) is 0.562. The van der Waals surface area contributed by atoms with Crippen molar-refractivity contribution in [1.82, 2.24) is 20.4 Å². The molecule has 0 aliphatic carbocycles. The number of aryl methyl sites for hydroxylation is 2. The van der Waals surface area contributed by atoms with E-state index >= 15 is 0 Å². The molecular formula is C10H11N5O3S2. The van der Waals surface area contributed by atoms with Crippen LogP contribution in [0, 0.1) is 13.8 Å². The predicted octanol–water partition coefficient (Wildman–Crippen LogP) is 1.31. The minimum atomic E-state index is -0.930. The molecule has 0 radical (unpaired) electrons. The average Bonchev–Trinajstić information content (AvgIpc) is 2.94. The Bertz CT molecular complexity index is 632. The minimum Gasteiger partial charge on any atom is -0.481 e. The van der Waals surface area contributed by atoms with Crippen LogP contribution in [0.4, 0.5) is 5.13 Å². The van der Waals surface area contributed by atoms with Gasteiger partial charge in [-0.05, 0) is 13.8 Å². The van der Waals surface area contributed by atoms with E-state index in [1.54, 1.807) is 13.8 Å². The second kappa shape index (κ2) is 6.01. The molecule has 0 bridgehead atoms. The monoisotopic (exact) mass is 313 g/mol. The van der Waals surface area contributed by atoms with E-state index in [1.165, 1.54) is 0 Å². The van der Waals surface area contributed by atoms with E-state index in [1.807, 2.05) is 0 Å². The van der Waals surface area contributed by atoms with Gasteiger partial charge in [0.05, 0.1) is 17.0 Å². The molecule has 2 aromatic rings. The number of carbonyl (C=O) groups excluding carboxylic acids is 1. The first-order chi connectivity index (χ1) is 9.47. The lowest BCUT2D eigenvalue weighted by Crippen LogP contribution is -2.13. The van der Waals surface area contributed by atoms with Crippen LogP contribution in [0.3, 0.4) is 0 Å². The van der Waals surface area contributed by atoms with Gasteiger partial charge in [-0.15, -0.1) is 10.2 Å². The highest BCUT2D eigenvalue weighted by Crippen LogP contribution is 2.25. The number of hydrogen-bond donors (Lipinski definition) is 3. The molecule has 0 spiro atoms. The number of hydrogen-bond acceptors (Lipinski definition) is 7. The summed E-state index contributed by atoms with van der Waals surface area (Å²) in [7, 11) is 0. The third kappa shape index (κ3) is 3.33. The molecule has 2 heterocycles. The summed E-state index contributed by atoms with van der Waals surface area (Å²) in [5.41, 5.74) is 1.75. The SMILES string of the molecule is Cc1n[nH]c(C)c1C(=O)Nc1nnc(SCC(=O)O)s1. The molecule has 0 saturated carbocycles. The van der Waals surface area contributed by atoms with Gasteiger partial charge in [-0.1, -0.05) is 23.1 Å². The van der Waals surface area contributed by atoms with Crippen molar-refractivity contribution in [2.45, 2.75) is 18.2 Å². The normalized spacial score (nSPS) is 10.5. The van der Waals surface area contributed by atoms with E-state index in [0.717, 1.165) is 23.1 Å². The lowest BCUT2D eigenvalue weighted by Gasteiger charge is -2.00. The van der Waals surface area contributed by atoms with Crippen molar-refractivity contribution in [3.8, 4) is 0 Å². The van der Waals surface area contributed by atoms with Crippen molar-refractivity contribution in [2.24, 2.45) is 0 Å². The van der Waals surface area contributed by atoms with E-state index < -0.39 is 5.97 Å². The fraction of sp³-hybridized carbons (Fsp3) is 0.300. The standard InChI is InChI=1S/C10H11N5O3S2/c1-4-7(5(2)13-12-4)8(18)11-9-14-15-10(20-9)19-3-6(16)17/h3H2,1-2H3,(H,12,13)(H,16,17)(H,11,14,18). The van der Waals surface area contributed by atoms with E-state index in [9.17, 15) is 9.59 Å². The first kappa shape index (κ1) is 14.5. The number of anilines is 1. The van der Waals surface area contributed by atoms with Gasteiger partial charge < -0.3 is 5.11 Å². The Morgan fingerprint density at radius 2 is 2.15 bits per heavy atom. The summed E-state index contributed by atoms with van der Waals surface area (Å²) in [5, 5.41) is 25.8. The number of H-pyrrole nitrogens is 1. The summed E-state index contributed by atoms with van der Waals surface area (Å²) in [5.74, 6) is -1.34. The Balaban J connectivity index is 2.03. The molecule has 3 N–H and O–H groups in total. The Morgan fingerprint density at radius 3 is 2.75 bits per heavy atom. The van der Waals surface area contributed by atoms with Crippen molar-refractivity contribution < 1.29 is 14.7 Å². The molecule has 0 atom stereocenters. The molecule has 0 unspecified atom stereocenters. The third-order valence-electron chi connectivity index (χ3n) is 2.30. The number of aromatic nitrogens is 4. The maximum atomic E-state index is 12.1. The number of carboxylic acids is 1. The number of nitrogens with zero attached hydrogens (tertiary/aromatic N) is 3. The van der Waals surface area contributed by atoms with Crippen LogP contribution in [0.25, 0.3) is 0 Å². The largest absolute Gasteiger partial charge is 0.481 e. The van der Waals surface area contributed by atoms with E-state index in [4.69, 9.17) is 5.11 Å². The van der Waals surface area contributed by atoms with Gasteiger partial charge in [0.1, 0.15) is 0 Å². The van der Waals surface area contributed by atoms with E-state index in [-0.39, 0.29) is 11.7 Å². The molecule has 0 aliphatic heterocycles. The number of carbonyl (C=O) groups is 2. The topological polar surface area (TPSA) is 121 Å². The van der Waals surface area contributed by atoms with Crippen LogP contribution in [-0.4, -0.2) is 43.1 Å². The van der Waals surface area contributed by atoms with Crippen LogP contribution in [0.15, 0.2) is 4.34 Å². The van der Waals surface area contributed by atoms with Crippen LogP contribution in [0.5, 0.6) is 0 Å². The summed E-state index contributed by atoms with van der Waals surface area (Å²) in [6, 6.07) is 0. The summed E-state index contributed by atoms with van der Waals surface area (Å²) in [6.07, 6.45) is 0. The van der Waals surface area contributed by atoms with E-state index in [2.05, 4.69) is 25.7 Å². The molecule has 0 aliphatic rings. The van der Waals surface area contributed by atoms with Gasteiger partial charge in [-0.2, -0.15) is 5.10 Å². The maximum Gasteiger partial charge on any atom is 0.313 e. The summed E-state index contributed by atoms with van der Waals surface area (Å²) >= 11 is 2.18. The van der Waals surface area contributed by atoms with Gasteiger partial charge in [0.25, 0.3) is 5.91 Å². The second-order valence-corrected chi connectivity index (χ2v) is 6.02. The van der Waals surface area contributed by atoms with Crippen LogP contribution < -0.4 is 5.32 Å². The molecule has 106 valence electrons. The van der Waals surface area contributed by atoms with Crippen LogP contribution in [0.1, 0.15) is 21.7 Å². The molecular weight excluding hydrogens is 302 g/mol. The van der Waals surface area contributed by atoms with Crippen molar-refractivity contribution in [2.75, 3.05) is 11.1 Å². The molecule has 10 heteroatoms. The molecule has 0 aromatic carbocycles. The number of aliphatic carboxylic acids is 1. The number of carboxylic acid groups (broad SMARTS) is 1. The van der Waals surface area contributed by atoms with Crippen LogP contribution >= 0.6 is 23.1 Å². The van der Waals surface area contributed by atoms with Gasteiger partial charge in [0.2, 0.25) is 5.13 Å². The zero-order valence-corrected chi connectivity index (χ0v) is 12.3. The number of rotatable bonds is 5. The second-order valence-electron chi connectivity index (χ2n) is 3.82. The zero-order chi connectivity index (χ0) is 14.7. The highest BCUT2D eigenvalue weighted by atomic mass is 32.2. The van der Waals surface area contributed by atoms with Crippen LogP contribution in [-0.2, 0) is 4.79 Å². The zero-order valence-electron chi connectivity index (χ0n) is 10.6. The Hall–Kier alpha value is -1.94. The average molecular weight is 313 g/mol. The van der Waals surface area contributed by atoms with Gasteiger partial charge in [0, 0.05) is 5.69 Å². The van der Waals surface area contributed by atoms with Crippen molar-refractivity contribution in [1.29, 1.82) is 0 Å². The Kier molecular flexibility index (Phi) is 4.35. The van der Waals surface area contributed by atoms with E-state index in [0.29, 0.717) is 26.4 Å². The number of aromatic amines is 1. The van der Waals surface area contributed by atoms with Gasteiger partial charge in [-0.3, -0.25) is 20.0 Å². The maximum absolute atomic E-state index is 12.1. The molecule has 20 heavy (non-hydrogen) atoms. The molecule has 2 aromatic heterocycles. The Morgan fingerprint density at radius 1 is 1.40 bits per heavy atom. The van der Waals surface area contributed by atoms with Crippen LogP contribution in [0.2, 0.25) is 0 Å². The molecule has 2 rings (SSSR count). The first-order valence-corrected chi connectivity index (χ1v) is 7.28. The molecule has 8 nitrogen and oxygen atoms in total. The predicted molar refractivity (Wildman–Crippen MR) is 74.3 cm³/mol. The summed E-state index contributed by atoms with van der Waals surface area (Å²) < 4.78 is 0.489. The highest BCUT2D eigenvalue weighted by Gasteiger charge is 2.17. The lowest BCUT2D eigenvalue weighted by molar-refractivity contribution is -0.133. The van der Waals surface area contributed by atoms with Gasteiger partial charge in [0.15, 0.2) is 4.34 Å². The summed E-state index contributed by atoms with van der Waals surface area (Å²) in [4.78, 5) is 22.5. The number of thioether (sulfide) groups is 1. The number of amides is 1. The third-order valence-corrected chi connectivity index (χ3v) is 4.26. The Labute approximate surface area is 122 Å². The first-order valence-electron chi connectivity index (χ1n) is 5.48. The smallest absolute Gasteiger partial charge is 0.313 e. The molecule has 0 fully saturated rings. The number of nitrogens with one attached hydrogen (secondary N) is 2. The summed E-state index contributed by atoms with van der Waals surface area (Å²) in [6.45, 7) is 3.48. The molecule has 1 amide bonds. The fourth-order valence-electron chi connectivity index (χ4n) is 1.49. The van der Waals surface area contributed by atoms with Crippen molar-refractivity contribution >= 4 is 40.1 Å². The molecule has 0 saturated heterocycles.